The van der Waals surface area contributed by atoms with Gasteiger partial charge in [-0.25, -0.2) is 14.0 Å². The molecule has 1 atom stereocenters. The standard InChI is InChI=1S/C21H30FN3O4S/c1-5-30-14-16-13-25(20(27)28-16)15-6-7-18(17(22)12-15)23-8-10-24(11-9-23)19(26)29-21(2,3)4/h6-7,12,16H,5,8-11,13-14H2,1-4H3/t16-/m1/s1. The number of hydrogen-bond acceptors (Lipinski definition) is 6. The fourth-order valence-electron chi connectivity index (χ4n) is 3.45. The van der Waals surface area contributed by atoms with Gasteiger partial charge in [-0.05, 0) is 44.7 Å². The van der Waals surface area contributed by atoms with Gasteiger partial charge in [0, 0.05) is 31.9 Å². The van der Waals surface area contributed by atoms with Crippen molar-refractivity contribution in [3.8, 4) is 0 Å². The van der Waals surface area contributed by atoms with E-state index in [0.717, 1.165) is 11.5 Å². The van der Waals surface area contributed by atoms with E-state index in [1.54, 1.807) is 28.8 Å². The number of rotatable bonds is 5. The van der Waals surface area contributed by atoms with E-state index in [4.69, 9.17) is 9.47 Å². The lowest BCUT2D eigenvalue weighted by Crippen LogP contribution is -2.50. The fourth-order valence-corrected chi connectivity index (χ4v) is 4.12. The van der Waals surface area contributed by atoms with Gasteiger partial charge in [0.25, 0.3) is 0 Å². The van der Waals surface area contributed by atoms with Gasteiger partial charge in [0.1, 0.15) is 17.5 Å². The zero-order valence-corrected chi connectivity index (χ0v) is 18.8. The van der Waals surface area contributed by atoms with Crippen LogP contribution >= 0.6 is 11.8 Å². The number of anilines is 2. The molecule has 0 unspecified atom stereocenters. The molecule has 0 aliphatic carbocycles. The molecule has 2 heterocycles. The molecule has 2 amide bonds. The lowest BCUT2D eigenvalue weighted by Gasteiger charge is -2.37. The molecule has 0 radical (unpaired) electrons. The number of carbonyl (C=O) groups is 2. The number of halogens is 1. The lowest BCUT2D eigenvalue weighted by atomic mass is 10.2. The molecule has 30 heavy (non-hydrogen) atoms. The largest absolute Gasteiger partial charge is 0.444 e. The highest BCUT2D eigenvalue weighted by Gasteiger charge is 2.33. The van der Waals surface area contributed by atoms with Gasteiger partial charge < -0.3 is 19.3 Å². The van der Waals surface area contributed by atoms with Crippen molar-refractivity contribution >= 4 is 35.3 Å². The first kappa shape index (κ1) is 22.5. The molecule has 0 N–H and O–H groups in total. The first-order valence-corrected chi connectivity index (χ1v) is 11.4. The highest BCUT2D eigenvalue weighted by Crippen LogP contribution is 2.29. The quantitative estimate of drug-likeness (QED) is 0.692. The van der Waals surface area contributed by atoms with E-state index in [9.17, 15) is 14.0 Å². The van der Waals surface area contributed by atoms with Gasteiger partial charge in [-0.2, -0.15) is 11.8 Å². The molecule has 0 aromatic heterocycles. The second-order valence-corrected chi connectivity index (χ2v) is 9.68. The van der Waals surface area contributed by atoms with Crippen molar-refractivity contribution in [3.63, 3.8) is 0 Å². The number of nitrogens with zero attached hydrogens (tertiary/aromatic N) is 3. The first-order chi connectivity index (χ1) is 14.2. The number of carbonyl (C=O) groups excluding carboxylic acids is 2. The number of amides is 2. The summed E-state index contributed by atoms with van der Waals surface area (Å²) in [7, 11) is 0. The van der Waals surface area contributed by atoms with E-state index < -0.39 is 17.5 Å². The monoisotopic (exact) mass is 439 g/mol. The summed E-state index contributed by atoms with van der Waals surface area (Å²) >= 11 is 1.71. The van der Waals surface area contributed by atoms with E-state index >= 15 is 0 Å². The summed E-state index contributed by atoms with van der Waals surface area (Å²) in [5.41, 5.74) is 0.423. The Morgan fingerprint density at radius 3 is 2.57 bits per heavy atom. The predicted octanol–water partition coefficient (Wildman–Crippen LogP) is 3.96. The third kappa shape index (κ3) is 5.50. The van der Waals surface area contributed by atoms with Gasteiger partial charge in [-0.15, -0.1) is 0 Å². The van der Waals surface area contributed by atoms with Crippen LogP contribution in [0.15, 0.2) is 18.2 Å². The molecule has 3 rings (SSSR count). The molecule has 9 heteroatoms. The predicted molar refractivity (Wildman–Crippen MR) is 117 cm³/mol. The summed E-state index contributed by atoms with van der Waals surface area (Å²) in [6, 6.07) is 4.82. The molecule has 1 aromatic carbocycles. The van der Waals surface area contributed by atoms with Crippen LogP contribution in [0.5, 0.6) is 0 Å². The Morgan fingerprint density at radius 1 is 1.27 bits per heavy atom. The molecular formula is C21H30FN3O4S. The van der Waals surface area contributed by atoms with Crippen molar-refractivity contribution in [1.29, 1.82) is 0 Å². The van der Waals surface area contributed by atoms with Gasteiger partial charge in [-0.3, -0.25) is 4.90 Å². The van der Waals surface area contributed by atoms with Gasteiger partial charge in [-0.1, -0.05) is 6.92 Å². The average Bonchev–Trinajstić information content (AvgIpc) is 3.05. The maximum Gasteiger partial charge on any atom is 0.414 e. The van der Waals surface area contributed by atoms with Crippen molar-refractivity contribution in [2.45, 2.75) is 39.4 Å². The molecule has 2 saturated heterocycles. The summed E-state index contributed by atoms with van der Waals surface area (Å²) in [6.45, 7) is 9.93. The molecule has 0 spiro atoms. The number of hydrogen-bond donors (Lipinski definition) is 0. The fraction of sp³-hybridized carbons (Fsp3) is 0.619. The summed E-state index contributed by atoms with van der Waals surface area (Å²) in [5.74, 6) is 1.30. The summed E-state index contributed by atoms with van der Waals surface area (Å²) in [4.78, 5) is 29.4. The van der Waals surface area contributed by atoms with Gasteiger partial charge in [0.2, 0.25) is 0 Å². The first-order valence-electron chi connectivity index (χ1n) is 10.3. The summed E-state index contributed by atoms with van der Waals surface area (Å²) in [6.07, 6.45) is -0.956. The minimum absolute atomic E-state index is 0.175. The lowest BCUT2D eigenvalue weighted by molar-refractivity contribution is 0.0240. The highest BCUT2D eigenvalue weighted by molar-refractivity contribution is 7.99. The van der Waals surface area contributed by atoms with Crippen molar-refractivity contribution in [2.75, 3.05) is 54.0 Å². The molecule has 2 aliphatic rings. The minimum atomic E-state index is -0.541. The van der Waals surface area contributed by atoms with E-state index in [0.29, 0.717) is 44.1 Å². The molecule has 0 bridgehead atoms. The molecular weight excluding hydrogens is 409 g/mol. The average molecular weight is 440 g/mol. The van der Waals surface area contributed by atoms with Gasteiger partial charge >= 0.3 is 12.2 Å². The van der Waals surface area contributed by atoms with Crippen LogP contribution in [0, 0.1) is 5.82 Å². The Hall–Kier alpha value is -2.16. The van der Waals surface area contributed by atoms with Gasteiger partial charge in [0.05, 0.1) is 17.9 Å². The molecule has 2 fully saturated rings. The van der Waals surface area contributed by atoms with Crippen molar-refractivity contribution in [1.82, 2.24) is 4.90 Å². The Kier molecular flexibility index (Phi) is 7.00. The minimum Gasteiger partial charge on any atom is -0.444 e. The number of thioether (sulfide) groups is 1. The van der Waals surface area contributed by atoms with Crippen LogP contribution in [-0.4, -0.2) is 73.0 Å². The van der Waals surface area contributed by atoms with E-state index in [1.807, 2.05) is 25.7 Å². The Labute approximate surface area is 181 Å². The topological polar surface area (TPSA) is 62.3 Å². The summed E-state index contributed by atoms with van der Waals surface area (Å²) in [5, 5.41) is 0. The molecule has 2 aliphatic heterocycles. The van der Waals surface area contributed by atoms with Crippen LogP contribution in [0.1, 0.15) is 27.7 Å². The summed E-state index contributed by atoms with van der Waals surface area (Å²) < 4.78 is 25.6. The number of cyclic esters (lactones) is 1. The second-order valence-electron chi connectivity index (χ2n) is 8.37. The van der Waals surface area contributed by atoms with E-state index in [2.05, 4.69) is 6.92 Å². The Balaban J connectivity index is 1.60. The maximum absolute atomic E-state index is 14.9. The Bertz CT molecular complexity index is 778. The van der Waals surface area contributed by atoms with E-state index in [-0.39, 0.29) is 12.2 Å². The second kappa shape index (κ2) is 9.32. The normalized spacial score (nSPS) is 19.8. The van der Waals surface area contributed by atoms with Crippen molar-refractivity contribution < 1.29 is 23.5 Å². The van der Waals surface area contributed by atoms with Crippen molar-refractivity contribution in [2.24, 2.45) is 0 Å². The smallest absolute Gasteiger partial charge is 0.414 e. The van der Waals surface area contributed by atoms with Crippen molar-refractivity contribution in [3.05, 3.63) is 24.0 Å². The number of piperazine rings is 1. The third-order valence-corrected chi connectivity index (χ3v) is 5.91. The van der Waals surface area contributed by atoms with Crippen LogP contribution in [-0.2, 0) is 9.47 Å². The highest BCUT2D eigenvalue weighted by atomic mass is 32.2. The van der Waals surface area contributed by atoms with E-state index in [1.165, 1.54) is 11.0 Å². The van der Waals surface area contributed by atoms with Crippen LogP contribution < -0.4 is 9.80 Å². The zero-order valence-electron chi connectivity index (χ0n) is 18.0. The Morgan fingerprint density at radius 2 is 1.97 bits per heavy atom. The maximum atomic E-state index is 14.9. The van der Waals surface area contributed by atoms with Gasteiger partial charge in [0.15, 0.2) is 0 Å². The number of ether oxygens (including phenoxy) is 2. The van der Waals surface area contributed by atoms with Crippen LogP contribution in [0.3, 0.4) is 0 Å². The molecule has 166 valence electrons. The molecule has 1 aromatic rings. The van der Waals surface area contributed by atoms with Crippen LogP contribution in [0.4, 0.5) is 25.4 Å². The SMILES string of the molecule is CCSC[C@H]1CN(c2ccc(N3CCN(C(=O)OC(C)(C)C)CC3)c(F)c2)C(=O)O1. The molecule has 7 nitrogen and oxygen atoms in total. The zero-order chi connectivity index (χ0) is 21.9. The molecule has 0 saturated carbocycles. The third-order valence-electron chi connectivity index (χ3n) is 4.90. The van der Waals surface area contributed by atoms with Crippen LogP contribution in [0.2, 0.25) is 0 Å². The number of benzene rings is 1. The van der Waals surface area contributed by atoms with Crippen LogP contribution in [0.25, 0.3) is 0 Å².